The summed E-state index contributed by atoms with van der Waals surface area (Å²) in [5.74, 6) is 1.03. The zero-order valence-corrected chi connectivity index (χ0v) is 15.4. The van der Waals surface area contributed by atoms with Gasteiger partial charge >= 0.3 is 6.01 Å². The molecule has 0 aliphatic rings. The minimum absolute atomic E-state index is 0.337. The van der Waals surface area contributed by atoms with Gasteiger partial charge in [-0.15, -0.1) is 5.10 Å². The highest BCUT2D eigenvalue weighted by molar-refractivity contribution is 7.98. The Labute approximate surface area is 159 Å². The number of hydrogen-bond acceptors (Lipinski definition) is 7. The topological polar surface area (TPSA) is 76.7 Å². The molecule has 8 heteroatoms. The molecule has 130 valence electrons. The van der Waals surface area contributed by atoms with Gasteiger partial charge in [-0.25, -0.2) is 9.97 Å². The highest BCUT2D eigenvalue weighted by Gasteiger charge is 2.10. The number of anilines is 2. The number of halogens is 1. The van der Waals surface area contributed by atoms with E-state index in [0.29, 0.717) is 22.7 Å². The molecule has 2 aromatic heterocycles. The van der Waals surface area contributed by atoms with Crippen molar-refractivity contribution < 1.29 is 4.42 Å². The molecule has 0 spiro atoms. The van der Waals surface area contributed by atoms with Crippen LogP contribution in [-0.4, -0.2) is 20.2 Å². The smallest absolute Gasteiger partial charge is 0.320 e. The molecule has 2 aromatic carbocycles. The highest BCUT2D eigenvalue weighted by Crippen LogP contribution is 2.26. The molecule has 6 nitrogen and oxygen atoms in total. The second kappa shape index (κ2) is 7.31. The molecule has 0 fully saturated rings. The van der Waals surface area contributed by atoms with Crippen LogP contribution in [0.15, 0.2) is 58.0 Å². The van der Waals surface area contributed by atoms with Crippen molar-refractivity contribution in [2.24, 2.45) is 0 Å². The molecule has 4 aromatic rings. The van der Waals surface area contributed by atoms with Gasteiger partial charge in [-0.2, -0.15) is 0 Å². The van der Waals surface area contributed by atoms with Gasteiger partial charge in [0.15, 0.2) is 0 Å². The average Bonchev–Trinajstić information content (AvgIpc) is 3.09. The van der Waals surface area contributed by atoms with Crippen LogP contribution < -0.4 is 5.32 Å². The number of para-hydroxylation sites is 2. The zero-order valence-electron chi connectivity index (χ0n) is 13.8. The maximum Gasteiger partial charge on any atom is 0.320 e. The maximum absolute atomic E-state index is 5.87. The van der Waals surface area contributed by atoms with Gasteiger partial charge in [0.2, 0.25) is 5.89 Å². The number of aromatic nitrogens is 4. The first-order valence-electron chi connectivity index (χ1n) is 7.88. The number of hydrogen-bond donors (Lipinski definition) is 1. The lowest BCUT2D eigenvalue weighted by Gasteiger charge is -2.04. The van der Waals surface area contributed by atoms with Crippen LogP contribution in [0.2, 0.25) is 5.02 Å². The fourth-order valence-electron chi connectivity index (χ4n) is 2.36. The molecule has 26 heavy (non-hydrogen) atoms. The fourth-order valence-corrected chi connectivity index (χ4v) is 3.28. The van der Waals surface area contributed by atoms with Crippen molar-refractivity contribution in [3.05, 3.63) is 65.1 Å². The van der Waals surface area contributed by atoms with Crippen molar-refractivity contribution in [3.8, 4) is 0 Å². The molecule has 0 unspecified atom stereocenters. The minimum Gasteiger partial charge on any atom is -0.407 e. The highest BCUT2D eigenvalue weighted by atomic mass is 35.5. The Morgan fingerprint density at radius 1 is 1.00 bits per heavy atom. The fraction of sp³-hybridized carbons (Fsp3) is 0.111. The Morgan fingerprint density at radius 2 is 1.73 bits per heavy atom. The minimum atomic E-state index is 0.337. The Bertz CT molecular complexity index is 1050. The van der Waals surface area contributed by atoms with E-state index in [-0.39, 0.29) is 0 Å². The van der Waals surface area contributed by atoms with Gasteiger partial charge in [-0.1, -0.05) is 40.6 Å². The van der Waals surface area contributed by atoms with Crippen molar-refractivity contribution in [2.45, 2.75) is 17.7 Å². The molecule has 0 aliphatic heterocycles. The van der Waals surface area contributed by atoms with E-state index in [1.165, 1.54) is 11.8 Å². The van der Waals surface area contributed by atoms with Crippen LogP contribution in [0.1, 0.15) is 11.6 Å². The predicted molar refractivity (Wildman–Crippen MR) is 103 cm³/mol. The number of fused-ring (bicyclic) bond motifs is 1. The molecule has 0 saturated carbocycles. The Morgan fingerprint density at radius 3 is 2.50 bits per heavy atom. The summed E-state index contributed by atoms with van der Waals surface area (Å²) in [5.41, 5.74) is 3.47. The van der Waals surface area contributed by atoms with E-state index in [1.54, 1.807) is 12.1 Å². The first-order valence-corrected chi connectivity index (χ1v) is 9.25. The number of nitrogens with zero attached hydrogens (tertiary/aromatic N) is 4. The molecule has 4 rings (SSSR count). The monoisotopic (exact) mass is 383 g/mol. The van der Waals surface area contributed by atoms with Gasteiger partial charge in [0, 0.05) is 10.7 Å². The first-order chi connectivity index (χ1) is 12.7. The molecular formula is C18H14ClN5OS. The largest absolute Gasteiger partial charge is 0.407 e. The van der Waals surface area contributed by atoms with Gasteiger partial charge in [0.05, 0.1) is 22.5 Å². The third-order valence-corrected chi connectivity index (χ3v) is 4.90. The molecule has 0 radical (unpaired) electrons. The summed E-state index contributed by atoms with van der Waals surface area (Å²) in [6.07, 6.45) is 0. The van der Waals surface area contributed by atoms with Crippen molar-refractivity contribution >= 4 is 46.1 Å². The lowest BCUT2D eigenvalue weighted by Crippen LogP contribution is -1.93. The van der Waals surface area contributed by atoms with Crippen LogP contribution in [0.5, 0.6) is 0 Å². The van der Waals surface area contributed by atoms with Crippen molar-refractivity contribution in [2.75, 3.05) is 5.32 Å². The molecular weight excluding hydrogens is 370 g/mol. The Balaban J connectivity index is 1.44. The van der Waals surface area contributed by atoms with E-state index >= 15 is 0 Å². The van der Waals surface area contributed by atoms with E-state index in [9.17, 15) is 0 Å². The van der Waals surface area contributed by atoms with E-state index in [4.69, 9.17) is 16.0 Å². The molecule has 0 atom stereocenters. The van der Waals surface area contributed by atoms with E-state index in [2.05, 4.69) is 25.5 Å². The Hall–Kier alpha value is -2.64. The molecule has 0 amide bonds. The number of nitrogens with one attached hydrogen (secondary N) is 1. The summed E-state index contributed by atoms with van der Waals surface area (Å²) in [6.45, 7) is 1.95. The lowest BCUT2D eigenvalue weighted by atomic mass is 10.3. The number of thioether (sulfide) groups is 1. The van der Waals surface area contributed by atoms with Gasteiger partial charge in [-0.05, 0) is 43.3 Å². The third-order valence-electron chi connectivity index (χ3n) is 3.60. The van der Waals surface area contributed by atoms with Gasteiger partial charge < -0.3 is 9.73 Å². The quantitative estimate of drug-likeness (QED) is 0.485. The summed E-state index contributed by atoms with van der Waals surface area (Å²) >= 11 is 7.40. The van der Waals surface area contributed by atoms with Crippen LogP contribution in [0.4, 0.5) is 11.7 Å². The maximum atomic E-state index is 5.87. The van der Waals surface area contributed by atoms with E-state index < -0.39 is 0 Å². The van der Waals surface area contributed by atoms with E-state index in [0.717, 1.165) is 27.4 Å². The van der Waals surface area contributed by atoms with Crippen LogP contribution >= 0.6 is 23.4 Å². The normalized spacial score (nSPS) is 11.0. The standard InChI is InChI=1S/C18H14ClN5OS/c1-11-17(22-15-5-3-2-4-14(15)20-11)26-10-16-23-24-18(25-16)21-13-8-6-12(19)7-9-13/h2-9H,10H2,1H3,(H,21,24). The molecule has 0 saturated heterocycles. The van der Waals surface area contributed by atoms with Gasteiger partial charge in [0.1, 0.15) is 5.03 Å². The van der Waals surface area contributed by atoms with E-state index in [1.807, 2.05) is 43.3 Å². The summed E-state index contributed by atoms with van der Waals surface area (Å²) in [4.78, 5) is 9.24. The second-order valence-corrected chi connectivity index (χ2v) is 6.92. The van der Waals surface area contributed by atoms with Crippen molar-refractivity contribution in [3.63, 3.8) is 0 Å². The van der Waals surface area contributed by atoms with Gasteiger partial charge in [0.25, 0.3) is 0 Å². The molecule has 0 bridgehead atoms. The third kappa shape index (κ3) is 3.79. The summed E-state index contributed by atoms with van der Waals surface area (Å²) in [6, 6.07) is 15.4. The number of benzene rings is 2. The summed E-state index contributed by atoms with van der Waals surface area (Å²) in [7, 11) is 0. The van der Waals surface area contributed by atoms with Crippen LogP contribution in [0, 0.1) is 6.92 Å². The van der Waals surface area contributed by atoms with Crippen LogP contribution in [0.3, 0.4) is 0 Å². The van der Waals surface area contributed by atoms with Crippen molar-refractivity contribution in [1.82, 2.24) is 20.2 Å². The number of aryl methyl sites for hydroxylation is 1. The second-order valence-electron chi connectivity index (χ2n) is 5.52. The molecule has 2 heterocycles. The predicted octanol–water partition coefficient (Wildman–Crippen LogP) is 5.01. The summed E-state index contributed by atoms with van der Waals surface area (Å²) in [5, 5.41) is 12.6. The van der Waals surface area contributed by atoms with Crippen molar-refractivity contribution in [1.29, 1.82) is 0 Å². The SMILES string of the molecule is Cc1nc2ccccc2nc1SCc1nnc(Nc2ccc(Cl)cc2)o1. The molecule has 1 N–H and O–H groups in total. The Kier molecular flexibility index (Phi) is 4.73. The zero-order chi connectivity index (χ0) is 17.9. The van der Waals surface area contributed by atoms with Gasteiger partial charge in [-0.3, -0.25) is 0 Å². The molecule has 0 aliphatic carbocycles. The van der Waals surface area contributed by atoms with Crippen LogP contribution in [0.25, 0.3) is 11.0 Å². The number of rotatable bonds is 5. The summed E-state index contributed by atoms with van der Waals surface area (Å²) < 4.78 is 5.63. The first kappa shape index (κ1) is 16.8. The average molecular weight is 384 g/mol. The lowest BCUT2D eigenvalue weighted by molar-refractivity contribution is 0.531. The van der Waals surface area contributed by atoms with Crippen LogP contribution in [-0.2, 0) is 5.75 Å².